The van der Waals surface area contributed by atoms with E-state index in [0.29, 0.717) is 11.4 Å². The molecule has 5 heteroatoms. The molecule has 2 heterocycles. The number of carbonyl (C=O) groups excluding carboxylic acids is 1. The number of benzene rings is 1. The van der Waals surface area contributed by atoms with Gasteiger partial charge < -0.3 is 15.0 Å². The molecule has 0 radical (unpaired) electrons. The molecule has 1 aromatic carbocycles. The first-order valence-corrected chi connectivity index (χ1v) is 8.50. The van der Waals surface area contributed by atoms with Gasteiger partial charge in [0.25, 0.3) is 5.91 Å². The first kappa shape index (κ1) is 16.3. The number of anilines is 2. The van der Waals surface area contributed by atoms with E-state index in [1.807, 2.05) is 42.5 Å². The Labute approximate surface area is 142 Å². The first-order chi connectivity index (χ1) is 11.8. The van der Waals surface area contributed by atoms with Gasteiger partial charge in [0, 0.05) is 13.1 Å². The molecule has 0 atom stereocenters. The van der Waals surface area contributed by atoms with Crippen molar-refractivity contribution in [2.75, 3.05) is 29.9 Å². The lowest BCUT2D eigenvalue weighted by molar-refractivity contribution is -0.118. The number of pyridine rings is 1. The Kier molecular flexibility index (Phi) is 5.66. The van der Waals surface area contributed by atoms with Gasteiger partial charge in [-0.05, 0) is 37.1 Å². The van der Waals surface area contributed by atoms with Gasteiger partial charge in [0.15, 0.2) is 6.61 Å². The molecule has 126 valence electrons. The van der Waals surface area contributed by atoms with Crippen molar-refractivity contribution in [2.45, 2.75) is 25.7 Å². The second-order valence-electron chi connectivity index (χ2n) is 5.96. The average Bonchev–Trinajstić information content (AvgIpc) is 2.91. The summed E-state index contributed by atoms with van der Waals surface area (Å²) in [4.78, 5) is 18.7. The highest BCUT2D eigenvalue weighted by Gasteiger charge is 2.11. The summed E-state index contributed by atoms with van der Waals surface area (Å²) in [6, 6.07) is 13.2. The summed E-state index contributed by atoms with van der Waals surface area (Å²) in [5.41, 5.74) is 0.690. The van der Waals surface area contributed by atoms with E-state index in [2.05, 4.69) is 15.2 Å². The lowest BCUT2D eigenvalue weighted by Gasteiger charge is -2.21. The zero-order valence-corrected chi connectivity index (χ0v) is 13.8. The maximum absolute atomic E-state index is 11.9. The van der Waals surface area contributed by atoms with Gasteiger partial charge in [0.05, 0.1) is 11.9 Å². The van der Waals surface area contributed by atoms with Crippen LogP contribution in [0.4, 0.5) is 11.5 Å². The van der Waals surface area contributed by atoms with E-state index in [-0.39, 0.29) is 12.5 Å². The van der Waals surface area contributed by atoms with E-state index in [9.17, 15) is 4.79 Å². The van der Waals surface area contributed by atoms with Crippen LogP contribution in [-0.2, 0) is 4.79 Å². The third-order valence-electron chi connectivity index (χ3n) is 4.07. The number of aromatic nitrogens is 1. The molecule has 1 saturated heterocycles. The quantitative estimate of drug-likeness (QED) is 0.914. The van der Waals surface area contributed by atoms with Crippen molar-refractivity contribution in [3.05, 3.63) is 48.7 Å². The third-order valence-corrected chi connectivity index (χ3v) is 4.07. The fourth-order valence-corrected chi connectivity index (χ4v) is 2.81. The number of hydrogen-bond acceptors (Lipinski definition) is 4. The number of rotatable bonds is 5. The number of para-hydroxylation sites is 1. The third kappa shape index (κ3) is 4.72. The largest absolute Gasteiger partial charge is 0.484 e. The van der Waals surface area contributed by atoms with Crippen LogP contribution < -0.4 is 15.0 Å². The zero-order chi connectivity index (χ0) is 16.6. The Bertz CT molecular complexity index is 635. The van der Waals surface area contributed by atoms with Crippen molar-refractivity contribution in [3.8, 4) is 5.75 Å². The zero-order valence-electron chi connectivity index (χ0n) is 13.8. The predicted octanol–water partition coefficient (Wildman–Crippen LogP) is 3.48. The number of hydrogen-bond donors (Lipinski definition) is 1. The van der Waals surface area contributed by atoms with Crippen LogP contribution in [0.1, 0.15) is 25.7 Å². The van der Waals surface area contributed by atoms with E-state index in [1.165, 1.54) is 25.7 Å². The lowest BCUT2D eigenvalue weighted by atomic mass is 10.2. The maximum atomic E-state index is 11.9. The minimum atomic E-state index is -0.192. The molecule has 1 amide bonds. The first-order valence-electron chi connectivity index (χ1n) is 8.50. The molecule has 0 saturated carbocycles. The second-order valence-corrected chi connectivity index (χ2v) is 5.96. The Morgan fingerprint density at radius 2 is 1.79 bits per heavy atom. The monoisotopic (exact) mass is 325 g/mol. The van der Waals surface area contributed by atoms with Crippen LogP contribution >= 0.6 is 0 Å². The summed E-state index contributed by atoms with van der Waals surface area (Å²) in [6.45, 7) is 2.10. The van der Waals surface area contributed by atoms with Gasteiger partial charge in [-0.2, -0.15) is 0 Å². The Hall–Kier alpha value is -2.56. The molecule has 0 spiro atoms. The summed E-state index contributed by atoms with van der Waals surface area (Å²) in [5.74, 6) is 1.47. The summed E-state index contributed by atoms with van der Waals surface area (Å²) in [7, 11) is 0. The summed E-state index contributed by atoms with van der Waals surface area (Å²) < 4.78 is 5.43. The van der Waals surface area contributed by atoms with Gasteiger partial charge in [-0.25, -0.2) is 4.98 Å². The van der Waals surface area contributed by atoms with E-state index < -0.39 is 0 Å². The van der Waals surface area contributed by atoms with Crippen LogP contribution in [0, 0.1) is 0 Å². The fourth-order valence-electron chi connectivity index (χ4n) is 2.81. The van der Waals surface area contributed by atoms with Crippen LogP contribution in [0.5, 0.6) is 5.75 Å². The summed E-state index contributed by atoms with van der Waals surface area (Å²) in [6.07, 6.45) is 6.74. The summed E-state index contributed by atoms with van der Waals surface area (Å²) in [5, 5.41) is 2.81. The van der Waals surface area contributed by atoms with Crippen LogP contribution in [0.15, 0.2) is 48.7 Å². The second kappa shape index (κ2) is 8.34. The standard InChI is InChI=1S/C19H23N3O2/c23-19(15-24-17-8-4-3-5-9-17)21-16-10-11-18(20-14-16)22-12-6-1-2-7-13-22/h3-5,8-11,14H,1-2,6-7,12-13,15H2,(H,21,23). The van der Waals surface area contributed by atoms with Crippen molar-refractivity contribution in [2.24, 2.45) is 0 Å². The van der Waals surface area contributed by atoms with Crippen LogP contribution in [0.3, 0.4) is 0 Å². The Morgan fingerprint density at radius 3 is 2.46 bits per heavy atom. The number of ether oxygens (including phenoxy) is 1. The summed E-state index contributed by atoms with van der Waals surface area (Å²) >= 11 is 0. The predicted molar refractivity (Wildman–Crippen MR) is 95.5 cm³/mol. The van der Waals surface area contributed by atoms with E-state index in [4.69, 9.17) is 4.74 Å². The molecule has 1 aliphatic heterocycles. The Balaban J connectivity index is 1.51. The normalized spacial score (nSPS) is 14.8. The topological polar surface area (TPSA) is 54.5 Å². The molecule has 24 heavy (non-hydrogen) atoms. The number of carbonyl (C=O) groups is 1. The molecule has 1 aromatic heterocycles. The van der Waals surface area contributed by atoms with Crippen LogP contribution in [-0.4, -0.2) is 30.6 Å². The molecule has 0 aliphatic carbocycles. The van der Waals surface area contributed by atoms with Gasteiger partial charge in [-0.1, -0.05) is 31.0 Å². The van der Waals surface area contributed by atoms with Gasteiger partial charge in [0.1, 0.15) is 11.6 Å². The molecule has 0 unspecified atom stereocenters. The molecule has 5 nitrogen and oxygen atoms in total. The number of amides is 1. The van der Waals surface area contributed by atoms with Crippen molar-refractivity contribution in [1.82, 2.24) is 4.98 Å². The van der Waals surface area contributed by atoms with Crippen LogP contribution in [0.25, 0.3) is 0 Å². The highest BCUT2D eigenvalue weighted by molar-refractivity contribution is 5.91. The molecule has 0 bridgehead atoms. The highest BCUT2D eigenvalue weighted by Crippen LogP contribution is 2.18. The highest BCUT2D eigenvalue weighted by atomic mass is 16.5. The maximum Gasteiger partial charge on any atom is 0.262 e. The smallest absolute Gasteiger partial charge is 0.262 e. The van der Waals surface area contributed by atoms with Crippen LogP contribution in [0.2, 0.25) is 0 Å². The van der Waals surface area contributed by atoms with Gasteiger partial charge in [-0.3, -0.25) is 4.79 Å². The molecular formula is C19H23N3O2. The van der Waals surface area contributed by atoms with Crippen molar-refractivity contribution in [3.63, 3.8) is 0 Å². The molecule has 2 aromatic rings. The van der Waals surface area contributed by atoms with Crippen molar-refractivity contribution >= 4 is 17.4 Å². The molecular weight excluding hydrogens is 302 g/mol. The fraction of sp³-hybridized carbons (Fsp3) is 0.368. The van der Waals surface area contributed by atoms with Crippen molar-refractivity contribution < 1.29 is 9.53 Å². The van der Waals surface area contributed by atoms with Crippen molar-refractivity contribution in [1.29, 1.82) is 0 Å². The minimum Gasteiger partial charge on any atom is -0.484 e. The molecule has 1 aliphatic rings. The van der Waals surface area contributed by atoms with Gasteiger partial charge >= 0.3 is 0 Å². The van der Waals surface area contributed by atoms with E-state index >= 15 is 0 Å². The number of nitrogens with one attached hydrogen (secondary N) is 1. The SMILES string of the molecule is O=C(COc1ccccc1)Nc1ccc(N2CCCCCC2)nc1. The molecule has 1 N–H and O–H groups in total. The van der Waals surface area contributed by atoms with Gasteiger partial charge in [0.2, 0.25) is 0 Å². The lowest BCUT2D eigenvalue weighted by Crippen LogP contribution is -2.25. The van der Waals surface area contributed by atoms with Gasteiger partial charge in [-0.15, -0.1) is 0 Å². The minimum absolute atomic E-state index is 0.0160. The van der Waals surface area contributed by atoms with E-state index in [1.54, 1.807) is 6.20 Å². The molecule has 3 rings (SSSR count). The Morgan fingerprint density at radius 1 is 1.04 bits per heavy atom. The number of nitrogens with zero attached hydrogens (tertiary/aromatic N) is 2. The molecule has 1 fully saturated rings. The van der Waals surface area contributed by atoms with E-state index in [0.717, 1.165) is 18.9 Å². The average molecular weight is 325 g/mol.